The lowest BCUT2D eigenvalue weighted by atomic mass is 9.96. The van der Waals surface area contributed by atoms with Crippen LogP contribution in [-0.2, 0) is 11.3 Å². The molecule has 0 atom stereocenters. The third-order valence-corrected chi connectivity index (χ3v) is 5.33. The van der Waals surface area contributed by atoms with Crippen LogP contribution < -0.4 is 16.0 Å². The second-order valence-electron chi connectivity index (χ2n) is 9.37. The van der Waals surface area contributed by atoms with Crippen molar-refractivity contribution in [3.63, 3.8) is 0 Å². The van der Waals surface area contributed by atoms with Gasteiger partial charge in [-0.25, -0.2) is 4.79 Å². The maximum atomic E-state index is 11.6. The van der Waals surface area contributed by atoms with Gasteiger partial charge >= 0.3 is 6.09 Å². The average Bonchev–Trinajstić information content (AvgIpc) is 2.71. The second kappa shape index (κ2) is 14.6. The van der Waals surface area contributed by atoms with E-state index < -0.39 is 5.60 Å². The Bertz CT molecular complexity index is 695. The number of rotatable bonds is 8. The molecule has 1 aliphatic rings. The third-order valence-electron chi connectivity index (χ3n) is 5.33. The van der Waals surface area contributed by atoms with Gasteiger partial charge in [-0.3, -0.25) is 9.89 Å². The van der Waals surface area contributed by atoms with Crippen LogP contribution in [0.1, 0.15) is 51.2 Å². The van der Waals surface area contributed by atoms with Gasteiger partial charge in [-0.2, -0.15) is 0 Å². The number of likely N-dealkylation sites (tertiary alicyclic amines) is 1. The molecule has 0 aromatic heterocycles. The van der Waals surface area contributed by atoms with E-state index in [2.05, 4.69) is 57.0 Å². The number of amides is 1. The predicted molar refractivity (Wildman–Crippen MR) is 143 cm³/mol. The van der Waals surface area contributed by atoms with E-state index in [-0.39, 0.29) is 30.1 Å². The molecular weight excluding hydrogens is 517 g/mol. The van der Waals surface area contributed by atoms with Crippen molar-refractivity contribution in [3.05, 3.63) is 35.4 Å². The first-order valence-corrected chi connectivity index (χ1v) is 11.4. The number of aliphatic imine (C=N–C) groups is 1. The van der Waals surface area contributed by atoms with Gasteiger partial charge in [0, 0.05) is 33.2 Å². The van der Waals surface area contributed by atoms with E-state index in [1.807, 2.05) is 20.8 Å². The Morgan fingerprint density at radius 3 is 2.31 bits per heavy atom. The van der Waals surface area contributed by atoms with Crippen LogP contribution >= 0.6 is 24.0 Å². The topological polar surface area (TPSA) is 78.0 Å². The Labute approximate surface area is 211 Å². The zero-order valence-corrected chi connectivity index (χ0v) is 22.7. The van der Waals surface area contributed by atoms with E-state index in [1.165, 1.54) is 24.0 Å². The summed E-state index contributed by atoms with van der Waals surface area (Å²) in [6.45, 7) is 13.3. The Balaban J connectivity index is 0.00000512. The molecule has 1 fully saturated rings. The summed E-state index contributed by atoms with van der Waals surface area (Å²) < 4.78 is 5.23. The average molecular weight is 560 g/mol. The van der Waals surface area contributed by atoms with Crippen molar-refractivity contribution in [2.45, 2.75) is 59.1 Å². The number of halogens is 1. The molecule has 1 amide bonds. The van der Waals surface area contributed by atoms with Crippen LogP contribution in [0.2, 0.25) is 0 Å². The number of benzene rings is 1. The smallest absolute Gasteiger partial charge is 0.407 e. The first kappa shape index (κ1) is 28.5. The van der Waals surface area contributed by atoms with Crippen molar-refractivity contribution in [3.8, 4) is 0 Å². The number of nitrogens with one attached hydrogen (secondary N) is 3. The van der Waals surface area contributed by atoms with Crippen molar-refractivity contribution in [1.29, 1.82) is 0 Å². The Kier molecular flexibility index (Phi) is 13.0. The van der Waals surface area contributed by atoms with Crippen molar-refractivity contribution in [2.75, 3.05) is 39.8 Å². The highest BCUT2D eigenvalue weighted by atomic mass is 127. The quantitative estimate of drug-likeness (QED) is 0.195. The Hall–Kier alpha value is -1.55. The molecule has 0 bridgehead atoms. The molecule has 0 unspecified atom stereocenters. The lowest BCUT2D eigenvalue weighted by molar-refractivity contribution is 0.0527. The number of carbonyl (C=O) groups excluding carboxylic acids is 1. The van der Waals surface area contributed by atoms with E-state index in [1.54, 1.807) is 7.05 Å². The first-order valence-electron chi connectivity index (χ1n) is 11.4. The molecule has 1 aliphatic heterocycles. The van der Waals surface area contributed by atoms with E-state index in [4.69, 9.17) is 4.74 Å². The largest absolute Gasteiger partial charge is 0.444 e. The van der Waals surface area contributed by atoms with Crippen molar-refractivity contribution in [2.24, 2.45) is 10.9 Å². The van der Waals surface area contributed by atoms with Gasteiger partial charge in [-0.1, -0.05) is 29.8 Å². The number of guanidine groups is 1. The molecule has 0 aliphatic carbocycles. The number of aryl methyl sites for hydroxylation is 1. The molecule has 3 N–H and O–H groups in total. The number of carbonyl (C=O) groups is 1. The predicted octanol–water partition coefficient (Wildman–Crippen LogP) is 3.90. The van der Waals surface area contributed by atoms with Gasteiger partial charge < -0.3 is 20.7 Å². The molecule has 0 saturated carbocycles. The Morgan fingerprint density at radius 1 is 1.09 bits per heavy atom. The fourth-order valence-corrected chi connectivity index (χ4v) is 3.56. The van der Waals surface area contributed by atoms with E-state index in [0.29, 0.717) is 12.5 Å². The number of hydrogen-bond acceptors (Lipinski definition) is 4. The molecule has 32 heavy (non-hydrogen) atoms. The van der Waals surface area contributed by atoms with Crippen LogP contribution in [0, 0.1) is 12.8 Å². The lowest BCUT2D eigenvalue weighted by Crippen LogP contribution is -2.43. The van der Waals surface area contributed by atoms with Crippen molar-refractivity contribution < 1.29 is 9.53 Å². The third kappa shape index (κ3) is 11.9. The van der Waals surface area contributed by atoms with Crippen LogP contribution in [0.5, 0.6) is 0 Å². The molecule has 0 radical (unpaired) electrons. The summed E-state index contributed by atoms with van der Waals surface area (Å²) in [4.78, 5) is 18.5. The van der Waals surface area contributed by atoms with E-state index in [9.17, 15) is 4.79 Å². The molecule has 0 spiro atoms. The molecule has 1 saturated heterocycles. The molecule has 2 rings (SSSR count). The summed E-state index contributed by atoms with van der Waals surface area (Å²) in [6.07, 6.45) is 2.84. The van der Waals surface area contributed by atoms with Gasteiger partial charge in [0.25, 0.3) is 0 Å². The summed E-state index contributed by atoms with van der Waals surface area (Å²) in [7, 11) is 1.79. The summed E-state index contributed by atoms with van der Waals surface area (Å²) in [5.41, 5.74) is 2.24. The highest BCUT2D eigenvalue weighted by molar-refractivity contribution is 14.0. The maximum absolute atomic E-state index is 11.6. The monoisotopic (exact) mass is 559 g/mol. The number of nitrogens with zero attached hydrogens (tertiary/aromatic N) is 2. The number of ether oxygens (including phenoxy) is 1. The number of piperidine rings is 1. The van der Waals surface area contributed by atoms with Crippen molar-refractivity contribution >= 4 is 36.0 Å². The minimum absolute atomic E-state index is 0. The fourth-order valence-electron chi connectivity index (χ4n) is 3.56. The van der Waals surface area contributed by atoms with Crippen LogP contribution in [0.4, 0.5) is 4.79 Å². The molecule has 8 heteroatoms. The van der Waals surface area contributed by atoms with Gasteiger partial charge in [-0.05, 0) is 71.5 Å². The molecule has 1 aromatic carbocycles. The SMILES string of the molecule is CN=C(NCCCNC(=O)OC(C)(C)C)NCC1CCN(Cc2ccc(C)cc2)CC1.I. The zero-order chi connectivity index (χ0) is 22.7. The van der Waals surface area contributed by atoms with Gasteiger partial charge in [0.15, 0.2) is 5.96 Å². The van der Waals surface area contributed by atoms with Crippen LogP contribution in [0.15, 0.2) is 29.3 Å². The zero-order valence-electron chi connectivity index (χ0n) is 20.4. The number of hydrogen-bond donors (Lipinski definition) is 3. The number of alkyl carbamates (subject to hydrolysis) is 1. The molecule has 1 heterocycles. The van der Waals surface area contributed by atoms with Crippen LogP contribution in [-0.4, -0.2) is 62.3 Å². The maximum Gasteiger partial charge on any atom is 0.407 e. The van der Waals surface area contributed by atoms with E-state index >= 15 is 0 Å². The van der Waals surface area contributed by atoms with Gasteiger partial charge in [0.1, 0.15) is 5.60 Å². The lowest BCUT2D eigenvalue weighted by Gasteiger charge is -2.32. The summed E-state index contributed by atoms with van der Waals surface area (Å²) >= 11 is 0. The normalized spacial score (nSPS) is 15.6. The van der Waals surface area contributed by atoms with Crippen molar-refractivity contribution in [1.82, 2.24) is 20.9 Å². The van der Waals surface area contributed by atoms with Crippen LogP contribution in [0.3, 0.4) is 0 Å². The van der Waals surface area contributed by atoms with E-state index in [0.717, 1.165) is 45.1 Å². The standard InChI is InChI=1S/C24H41N5O2.HI/c1-19-7-9-21(10-8-19)18-29-15-11-20(12-16-29)17-28-22(25-5)26-13-6-14-27-23(30)31-24(2,3)4;/h7-10,20H,6,11-18H2,1-5H3,(H,27,30)(H2,25,26,28);1H. The van der Waals surface area contributed by atoms with Gasteiger partial charge in [0.05, 0.1) is 0 Å². The summed E-state index contributed by atoms with van der Waals surface area (Å²) in [5.74, 6) is 1.49. The minimum atomic E-state index is -0.467. The fraction of sp³-hybridized carbons (Fsp3) is 0.667. The molecule has 7 nitrogen and oxygen atoms in total. The van der Waals surface area contributed by atoms with Crippen LogP contribution in [0.25, 0.3) is 0 Å². The molecular formula is C24H42IN5O2. The minimum Gasteiger partial charge on any atom is -0.444 e. The second-order valence-corrected chi connectivity index (χ2v) is 9.37. The summed E-state index contributed by atoms with van der Waals surface area (Å²) in [6, 6.07) is 8.86. The molecule has 1 aromatic rings. The Morgan fingerprint density at radius 2 is 1.72 bits per heavy atom. The highest BCUT2D eigenvalue weighted by Gasteiger charge is 2.19. The van der Waals surface area contributed by atoms with Gasteiger partial charge in [0.2, 0.25) is 0 Å². The highest BCUT2D eigenvalue weighted by Crippen LogP contribution is 2.18. The molecule has 182 valence electrons. The summed E-state index contributed by atoms with van der Waals surface area (Å²) in [5, 5.41) is 9.53. The first-order chi connectivity index (χ1) is 14.7. The van der Waals surface area contributed by atoms with Gasteiger partial charge in [-0.15, -0.1) is 24.0 Å².